The summed E-state index contributed by atoms with van der Waals surface area (Å²) in [6.07, 6.45) is 3.48. The molecule has 0 aromatic carbocycles. The average molecular weight is 313 g/mol. The molecular weight excluding hydrogens is 290 g/mol. The molecule has 5 heteroatoms. The number of Topliss-reactive ketones (excluding diaryl/α,β-unsaturated/α-hetero) is 1. The third-order valence-electron chi connectivity index (χ3n) is 4.01. The molecule has 0 saturated heterocycles. The summed E-state index contributed by atoms with van der Waals surface area (Å²) in [7, 11) is 0. The minimum absolute atomic E-state index is 0.0719. The van der Waals surface area contributed by atoms with Gasteiger partial charge in [-0.05, 0) is 37.0 Å². The fraction of sp³-hybridized carbons (Fsp3) is 0.389. The van der Waals surface area contributed by atoms with Crippen molar-refractivity contribution in [3.05, 3.63) is 52.6 Å². The van der Waals surface area contributed by atoms with Gasteiger partial charge in [0.25, 0.3) is 5.91 Å². The summed E-state index contributed by atoms with van der Waals surface area (Å²) in [6, 6.07) is 3.68. The Kier molecular flexibility index (Phi) is 4.98. The number of amides is 1. The SMILES string of the molecule is CC(=O)c1[nH]c(C)c(C(=O)NC(c2cccnc2)C(C)C)c1C. The second-order valence-corrected chi connectivity index (χ2v) is 6.16. The zero-order valence-electron chi connectivity index (χ0n) is 14.2. The van der Waals surface area contributed by atoms with Crippen molar-refractivity contribution in [2.75, 3.05) is 0 Å². The van der Waals surface area contributed by atoms with Crippen molar-refractivity contribution in [3.8, 4) is 0 Å². The monoisotopic (exact) mass is 313 g/mol. The molecule has 2 aromatic rings. The summed E-state index contributed by atoms with van der Waals surface area (Å²) in [5.74, 6) is -0.0291. The van der Waals surface area contributed by atoms with Gasteiger partial charge in [0.05, 0.1) is 17.3 Å². The molecule has 23 heavy (non-hydrogen) atoms. The van der Waals surface area contributed by atoms with Crippen LogP contribution in [0, 0.1) is 19.8 Å². The van der Waals surface area contributed by atoms with E-state index in [0.717, 1.165) is 5.56 Å². The molecule has 2 rings (SSSR count). The number of pyridine rings is 1. The number of aromatic nitrogens is 2. The molecule has 1 unspecified atom stereocenters. The van der Waals surface area contributed by atoms with Gasteiger partial charge >= 0.3 is 0 Å². The number of H-pyrrole nitrogens is 1. The number of nitrogens with one attached hydrogen (secondary N) is 2. The summed E-state index contributed by atoms with van der Waals surface area (Å²) in [5.41, 5.74) is 3.41. The molecule has 2 heterocycles. The Labute approximate surface area is 136 Å². The number of hydrogen-bond acceptors (Lipinski definition) is 3. The number of aryl methyl sites for hydroxylation is 1. The summed E-state index contributed by atoms with van der Waals surface area (Å²) >= 11 is 0. The van der Waals surface area contributed by atoms with Crippen LogP contribution in [0.3, 0.4) is 0 Å². The van der Waals surface area contributed by atoms with Crippen LogP contribution in [0.5, 0.6) is 0 Å². The summed E-state index contributed by atoms with van der Waals surface area (Å²) in [5, 5.41) is 3.07. The number of aromatic amines is 1. The highest BCUT2D eigenvalue weighted by molar-refractivity contribution is 6.02. The molecule has 1 atom stereocenters. The average Bonchev–Trinajstić information content (AvgIpc) is 2.80. The first kappa shape index (κ1) is 16.9. The molecule has 0 fully saturated rings. The zero-order chi connectivity index (χ0) is 17.1. The van der Waals surface area contributed by atoms with Gasteiger partial charge in [0.2, 0.25) is 0 Å². The molecule has 2 aromatic heterocycles. The molecule has 0 bridgehead atoms. The second-order valence-electron chi connectivity index (χ2n) is 6.16. The molecule has 5 nitrogen and oxygen atoms in total. The lowest BCUT2D eigenvalue weighted by atomic mass is 9.96. The summed E-state index contributed by atoms with van der Waals surface area (Å²) in [4.78, 5) is 31.5. The van der Waals surface area contributed by atoms with Gasteiger partial charge in [-0.15, -0.1) is 0 Å². The maximum atomic E-state index is 12.7. The van der Waals surface area contributed by atoms with Crippen LogP contribution in [0.4, 0.5) is 0 Å². The van der Waals surface area contributed by atoms with E-state index in [4.69, 9.17) is 0 Å². The number of carbonyl (C=O) groups is 2. The van der Waals surface area contributed by atoms with Gasteiger partial charge in [0.15, 0.2) is 5.78 Å². The minimum Gasteiger partial charge on any atom is -0.355 e. The molecule has 122 valence electrons. The number of nitrogens with zero attached hydrogens (tertiary/aromatic N) is 1. The molecule has 0 radical (unpaired) electrons. The first-order chi connectivity index (χ1) is 10.8. The fourth-order valence-electron chi connectivity index (χ4n) is 2.85. The second kappa shape index (κ2) is 6.77. The highest BCUT2D eigenvalue weighted by atomic mass is 16.2. The third kappa shape index (κ3) is 3.50. The highest BCUT2D eigenvalue weighted by Crippen LogP contribution is 2.24. The quantitative estimate of drug-likeness (QED) is 0.831. The first-order valence-electron chi connectivity index (χ1n) is 7.73. The lowest BCUT2D eigenvalue weighted by Crippen LogP contribution is -2.32. The smallest absolute Gasteiger partial charge is 0.253 e. The van der Waals surface area contributed by atoms with Crippen molar-refractivity contribution >= 4 is 11.7 Å². The van der Waals surface area contributed by atoms with Crippen LogP contribution in [0.25, 0.3) is 0 Å². The Morgan fingerprint density at radius 1 is 1.26 bits per heavy atom. The van der Waals surface area contributed by atoms with Crippen molar-refractivity contribution in [2.24, 2.45) is 5.92 Å². The number of ketones is 1. The molecule has 0 aliphatic carbocycles. The lowest BCUT2D eigenvalue weighted by molar-refractivity contribution is 0.0924. The van der Waals surface area contributed by atoms with Gasteiger partial charge in [0, 0.05) is 25.0 Å². The van der Waals surface area contributed by atoms with Crippen molar-refractivity contribution in [1.29, 1.82) is 0 Å². The van der Waals surface area contributed by atoms with E-state index < -0.39 is 0 Å². The van der Waals surface area contributed by atoms with E-state index in [0.29, 0.717) is 22.5 Å². The maximum Gasteiger partial charge on any atom is 0.253 e. The van der Waals surface area contributed by atoms with Crippen LogP contribution in [0.15, 0.2) is 24.5 Å². The summed E-state index contributed by atoms with van der Waals surface area (Å²) in [6.45, 7) is 9.20. The van der Waals surface area contributed by atoms with Crippen LogP contribution >= 0.6 is 0 Å². The number of rotatable bonds is 5. The van der Waals surface area contributed by atoms with E-state index in [-0.39, 0.29) is 23.7 Å². The van der Waals surface area contributed by atoms with Crippen LogP contribution < -0.4 is 5.32 Å². The van der Waals surface area contributed by atoms with Crippen molar-refractivity contribution in [1.82, 2.24) is 15.3 Å². The Balaban J connectivity index is 2.32. The minimum atomic E-state index is -0.175. The van der Waals surface area contributed by atoms with E-state index in [1.807, 2.05) is 19.1 Å². The molecule has 0 spiro atoms. The third-order valence-corrected chi connectivity index (χ3v) is 4.01. The van der Waals surface area contributed by atoms with Crippen molar-refractivity contribution in [3.63, 3.8) is 0 Å². The molecule has 1 amide bonds. The van der Waals surface area contributed by atoms with Gasteiger partial charge < -0.3 is 10.3 Å². The predicted octanol–water partition coefficient (Wildman–Crippen LogP) is 3.36. The van der Waals surface area contributed by atoms with Crippen molar-refractivity contribution in [2.45, 2.75) is 40.7 Å². The van der Waals surface area contributed by atoms with Crippen LogP contribution in [-0.4, -0.2) is 21.7 Å². The van der Waals surface area contributed by atoms with Crippen molar-refractivity contribution < 1.29 is 9.59 Å². The van der Waals surface area contributed by atoms with E-state index in [1.165, 1.54) is 6.92 Å². The topological polar surface area (TPSA) is 74.8 Å². The van der Waals surface area contributed by atoms with E-state index in [1.54, 1.807) is 19.3 Å². The van der Waals surface area contributed by atoms with Crippen LogP contribution in [0.1, 0.15) is 64.5 Å². The molecular formula is C18H23N3O2. The van der Waals surface area contributed by atoms with Gasteiger partial charge in [-0.2, -0.15) is 0 Å². The number of carbonyl (C=O) groups excluding carboxylic acids is 2. The van der Waals surface area contributed by atoms with Crippen LogP contribution in [0.2, 0.25) is 0 Å². The Bertz CT molecular complexity index is 717. The molecule has 2 N–H and O–H groups in total. The predicted molar refractivity (Wildman–Crippen MR) is 89.6 cm³/mol. The largest absolute Gasteiger partial charge is 0.355 e. The van der Waals surface area contributed by atoms with E-state index in [2.05, 4.69) is 29.1 Å². The molecule has 0 aliphatic rings. The van der Waals surface area contributed by atoms with Gasteiger partial charge in [-0.1, -0.05) is 19.9 Å². The lowest BCUT2D eigenvalue weighted by Gasteiger charge is -2.22. The molecule has 0 aliphatic heterocycles. The Morgan fingerprint density at radius 3 is 2.43 bits per heavy atom. The van der Waals surface area contributed by atoms with Crippen LogP contribution in [-0.2, 0) is 0 Å². The summed E-state index contributed by atoms with van der Waals surface area (Å²) < 4.78 is 0. The first-order valence-corrected chi connectivity index (χ1v) is 7.73. The maximum absolute atomic E-state index is 12.7. The van der Waals surface area contributed by atoms with Gasteiger partial charge in [-0.3, -0.25) is 14.6 Å². The Morgan fingerprint density at radius 2 is 1.96 bits per heavy atom. The normalized spacial score (nSPS) is 12.3. The number of hydrogen-bond donors (Lipinski definition) is 2. The Hall–Kier alpha value is -2.43. The molecule has 0 saturated carbocycles. The fourth-order valence-corrected chi connectivity index (χ4v) is 2.85. The van der Waals surface area contributed by atoms with E-state index >= 15 is 0 Å². The van der Waals surface area contributed by atoms with E-state index in [9.17, 15) is 9.59 Å². The zero-order valence-corrected chi connectivity index (χ0v) is 14.2. The highest BCUT2D eigenvalue weighted by Gasteiger charge is 2.24. The van der Waals surface area contributed by atoms with Gasteiger partial charge in [-0.25, -0.2) is 0 Å². The standard InChI is InChI=1S/C18H23N3O2/c1-10(2)16(14-7-6-8-19-9-14)21-18(23)15-11(3)17(13(5)22)20-12(15)4/h6-10,16,20H,1-5H3,(H,21,23). The van der Waals surface area contributed by atoms with Gasteiger partial charge in [0.1, 0.15) is 0 Å².